The van der Waals surface area contributed by atoms with Gasteiger partial charge in [-0.2, -0.15) is 4.31 Å². The van der Waals surface area contributed by atoms with Gasteiger partial charge in [0.05, 0.1) is 42.7 Å². The molecule has 2 aliphatic rings. The molecule has 0 radical (unpaired) electrons. The van der Waals surface area contributed by atoms with Gasteiger partial charge in [-0.25, -0.2) is 13.2 Å². The van der Waals surface area contributed by atoms with Gasteiger partial charge in [0.1, 0.15) is 17.4 Å². The number of aliphatic hydroxyl groups excluding tert-OH is 1. The number of nitrogens with zero attached hydrogens (tertiary/aromatic N) is 1. The Bertz CT molecular complexity index is 1460. The highest BCUT2D eigenvalue weighted by atomic mass is 32.2. The number of sulfonamides is 1. The first kappa shape index (κ1) is 30.5. The zero-order valence-electron chi connectivity index (χ0n) is 23.8. The SMILES string of the molecule is CC(C)CN(C[C@@H](O)[C@H](Cc1ccccc1)NC(=O)OC1CO[C@H]2OCC[C@@H]12)S(=O)(=O)c1ccc2oc(CN)cc2c1. The largest absolute Gasteiger partial charge is 0.460 e. The molecule has 1 aromatic heterocycles. The summed E-state index contributed by atoms with van der Waals surface area (Å²) in [7, 11) is -4.02. The fraction of sp³-hybridized carbons (Fsp3) is 0.500. The summed E-state index contributed by atoms with van der Waals surface area (Å²) < 4.78 is 51.4. The van der Waals surface area contributed by atoms with Gasteiger partial charge in [0.25, 0.3) is 0 Å². The lowest BCUT2D eigenvalue weighted by Crippen LogP contribution is -2.51. The summed E-state index contributed by atoms with van der Waals surface area (Å²) in [5, 5.41) is 14.9. The minimum Gasteiger partial charge on any atom is -0.460 e. The molecule has 3 heterocycles. The Hall–Kier alpha value is -3.00. The number of hydrogen-bond acceptors (Lipinski definition) is 9. The van der Waals surface area contributed by atoms with Crippen LogP contribution in [0.25, 0.3) is 11.0 Å². The first-order valence-electron chi connectivity index (χ1n) is 14.3. The average Bonchev–Trinajstić information content (AvgIpc) is 3.69. The molecule has 228 valence electrons. The van der Waals surface area contributed by atoms with Crippen molar-refractivity contribution in [3.05, 3.63) is 65.9 Å². The van der Waals surface area contributed by atoms with E-state index in [1.54, 1.807) is 18.2 Å². The van der Waals surface area contributed by atoms with Crippen LogP contribution in [-0.4, -0.2) is 74.8 Å². The van der Waals surface area contributed by atoms with Crippen LogP contribution in [0.2, 0.25) is 0 Å². The van der Waals surface area contributed by atoms with E-state index in [4.69, 9.17) is 24.4 Å². The van der Waals surface area contributed by atoms with Gasteiger partial charge in [-0.1, -0.05) is 44.2 Å². The lowest BCUT2D eigenvalue weighted by molar-refractivity contribution is -0.0907. The van der Waals surface area contributed by atoms with Gasteiger partial charge in [0.15, 0.2) is 6.29 Å². The smallest absolute Gasteiger partial charge is 0.407 e. The van der Waals surface area contributed by atoms with Crippen LogP contribution in [0.3, 0.4) is 0 Å². The van der Waals surface area contributed by atoms with Crippen molar-refractivity contribution >= 4 is 27.1 Å². The van der Waals surface area contributed by atoms with Crippen molar-refractivity contribution in [3.63, 3.8) is 0 Å². The zero-order valence-corrected chi connectivity index (χ0v) is 24.7. The fourth-order valence-electron chi connectivity index (χ4n) is 5.52. The van der Waals surface area contributed by atoms with Crippen molar-refractivity contribution in [2.45, 2.75) is 62.7 Å². The minimum atomic E-state index is -4.02. The molecule has 11 nitrogen and oxygen atoms in total. The monoisotopic (exact) mass is 601 g/mol. The molecule has 5 rings (SSSR count). The van der Waals surface area contributed by atoms with E-state index in [1.165, 1.54) is 10.4 Å². The molecule has 2 saturated heterocycles. The van der Waals surface area contributed by atoms with Crippen LogP contribution < -0.4 is 11.1 Å². The van der Waals surface area contributed by atoms with Gasteiger partial charge in [0.2, 0.25) is 10.0 Å². The maximum atomic E-state index is 13.9. The number of ether oxygens (including phenoxy) is 3. The first-order valence-corrected chi connectivity index (χ1v) is 15.7. The number of furan rings is 1. The van der Waals surface area contributed by atoms with Crippen molar-refractivity contribution in [2.24, 2.45) is 17.6 Å². The van der Waals surface area contributed by atoms with Gasteiger partial charge in [-0.05, 0) is 48.6 Å². The molecule has 2 fully saturated rings. The number of rotatable bonds is 12. The number of benzene rings is 2. The third kappa shape index (κ3) is 6.96. The van der Waals surface area contributed by atoms with E-state index >= 15 is 0 Å². The summed E-state index contributed by atoms with van der Waals surface area (Å²) in [5.74, 6) is 0.493. The number of hydrogen-bond donors (Lipinski definition) is 3. The van der Waals surface area contributed by atoms with E-state index in [0.717, 1.165) is 12.0 Å². The molecule has 0 aliphatic carbocycles. The number of alkyl carbamates (subject to hydrolysis) is 1. The molecule has 0 spiro atoms. The maximum absolute atomic E-state index is 13.9. The molecule has 0 bridgehead atoms. The van der Waals surface area contributed by atoms with Crippen LogP contribution >= 0.6 is 0 Å². The Labute approximate surface area is 245 Å². The summed E-state index contributed by atoms with van der Waals surface area (Å²) in [4.78, 5) is 13.1. The minimum absolute atomic E-state index is 0.0251. The summed E-state index contributed by atoms with van der Waals surface area (Å²) >= 11 is 0. The lowest BCUT2D eigenvalue weighted by atomic mass is 10.0. The fourth-order valence-corrected chi connectivity index (χ4v) is 7.18. The molecule has 2 aliphatic heterocycles. The van der Waals surface area contributed by atoms with Crippen molar-refractivity contribution in [1.82, 2.24) is 9.62 Å². The van der Waals surface area contributed by atoms with Crippen LogP contribution in [0, 0.1) is 11.8 Å². The highest BCUT2D eigenvalue weighted by Gasteiger charge is 2.44. The second kappa shape index (κ2) is 13.1. The molecule has 5 atom stereocenters. The zero-order chi connectivity index (χ0) is 29.9. The maximum Gasteiger partial charge on any atom is 0.407 e. The Morgan fingerprint density at radius 3 is 2.67 bits per heavy atom. The van der Waals surface area contributed by atoms with Crippen LogP contribution in [0.1, 0.15) is 31.6 Å². The Kier molecular flexibility index (Phi) is 9.50. The average molecular weight is 602 g/mol. The Morgan fingerprint density at radius 1 is 1.14 bits per heavy atom. The van der Waals surface area contributed by atoms with E-state index in [-0.39, 0.29) is 55.7 Å². The second-order valence-corrected chi connectivity index (χ2v) is 13.2. The van der Waals surface area contributed by atoms with Crippen LogP contribution in [0.15, 0.2) is 63.9 Å². The van der Waals surface area contributed by atoms with E-state index in [9.17, 15) is 18.3 Å². The lowest BCUT2D eigenvalue weighted by Gasteiger charge is -2.31. The molecule has 42 heavy (non-hydrogen) atoms. The van der Waals surface area contributed by atoms with Crippen molar-refractivity contribution in [3.8, 4) is 0 Å². The first-order chi connectivity index (χ1) is 20.1. The van der Waals surface area contributed by atoms with E-state index in [2.05, 4.69) is 5.32 Å². The second-order valence-electron chi connectivity index (χ2n) is 11.3. The van der Waals surface area contributed by atoms with Crippen LogP contribution in [-0.2, 0) is 37.2 Å². The molecular formula is C30H39N3O8S. The van der Waals surface area contributed by atoms with Crippen molar-refractivity contribution in [1.29, 1.82) is 0 Å². The topological polar surface area (TPSA) is 154 Å². The number of amides is 1. The summed E-state index contributed by atoms with van der Waals surface area (Å²) in [6, 6.07) is 14.9. The molecule has 0 saturated carbocycles. The van der Waals surface area contributed by atoms with Gasteiger partial charge in [-0.15, -0.1) is 0 Å². The summed E-state index contributed by atoms with van der Waals surface area (Å²) in [6.07, 6.45) is -1.76. The van der Waals surface area contributed by atoms with Gasteiger partial charge < -0.3 is 34.8 Å². The standard InChI is InChI=1S/C30H39N3O8S/c1-19(2)16-33(42(36,37)23-8-9-27-21(14-23)13-22(15-31)40-27)17-26(34)25(12-20-6-4-3-5-7-20)32-30(35)41-28-18-39-29-24(28)10-11-38-29/h3-9,13-14,19,24-26,28-29,34H,10-12,15-18,31H2,1-2H3,(H,32,35)/t24-,25-,26+,28?,29+/m0/s1. The van der Waals surface area contributed by atoms with E-state index in [1.807, 2.05) is 44.2 Å². The predicted molar refractivity (Wildman–Crippen MR) is 155 cm³/mol. The number of aliphatic hydroxyl groups is 1. The third-order valence-electron chi connectivity index (χ3n) is 7.65. The van der Waals surface area contributed by atoms with Crippen LogP contribution in [0.5, 0.6) is 0 Å². The molecule has 1 amide bonds. The number of carbonyl (C=O) groups excluding carboxylic acids is 1. The highest BCUT2D eigenvalue weighted by Crippen LogP contribution is 2.33. The highest BCUT2D eigenvalue weighted by molar-refractivity contribution is 7.89. The quantitative estimate of drug-likeness (QED) is 0.284. The van der Waals surface area contributed by atoms with Crippen molar-refractivity contribution in [2.75, 3.05) is 26.3 Å². The third-order valence-corrected chi connectivity index (χ3v) is 9.47. The number of fused-ring (bicyclic) bond motifs is 2. The summed E-state index contributed by atoms with van der Waals surface area (Å²) in [6.45, 7) is 4.73. The molecule has 2 aromatic carbocycles. The van der Waals surface area contributed by atoms with Gasteiger partial charge in [-0.3, -0.25) is 0 Å². The van der Waals surface area contributed by atoms with Gasteiger partial charge in [0, 0.05) is 18.5 Å². The molecule has 1 unspecified atom stereocenters. The normalized spacial score (nSPS) is 22.0. The summed E-state index contributed by atoms with van der Waals surface area (Å²) in [5.41, 5.74) is 7.09. The number of carbonyl (C=O) groups is 1. The predicted octanol–water partition coefficient (Wildman–Crippen LogP) is 3.00. The molecule has 3 aromatic rings. The van der Waals surface area contributed by atoms with E-state index in [0.29, 0.717) is 23.3 Å². The van der Waals surface area contributed by atoms with E-state index < -0.39 is 34.4 Å². The van der Waals surface area contributed by atoms with Crippen LogP contribution in [0.4, 0.5) is 4.79 Å². The Balaban J connectivity index is 1.35. The molecular weight excluding hydrogens is 562 g/mol. The Morgan fingerprint density at radius 2 is 1.93 bits per heavy atom. The van der Waals surface area contributed by atoms with Gasteiger partial charge >= 0.3 is 6.09 Å². The molecule has 12 heteroatoms. The van der Waals surface area contributed by atoms with Crippen molar-refractivity contribution < 1.29 is 36.9 Å². The number of nitrogens with one attached hydrogen (secondary N) is 1. The number of nitrogens with two attached hydrogens (primary N) is 1. The molecule has 4 N–H and O–H groups in total.